The molecule has 0 radical (unpaired) electrons. The van der Waals surface area contributed by atoms with E-state index in [1.807, 2.05) is 48.5 Å². The van der Waals surface area contributed by atoms with Gasteiger partial charge < -0.3 is 19.3 Å². The van der Waals surface area contributed by atoms with Crippen LogP contribution in [0.15, 0.2) is 53.1 Å². The predicted octanol–water partition coefficient (Wildman–Crippen LogP) is 3.60. The molecule has 1 amide bonds. The molecule has 8 nitrogen and oxygen atoms in total. The lowest BCUT2D eigenvalue weighted by Gasteiger charge is -2.30. The lowest BCUT2D eigenvalue weighted by Crippen LogP contribution is -2.40. The van der Waals surface area contributed by atoms with E-state index in [1.54, 1.807) is 14.2 Å². The molecule has 3 aromatic rings. The summed E-state index contributed by atoms with van der Waals surface area (Å²) in [7, 11) is 3.18. The average molecular weight is 422 g/mol. The van der Waals surface area contributed by atoms with Gasteiger partial charge in [-0.3, -0.25) is 9.69 Å². The summed E-state index contributed by atoms with van der Waals surface area (Å²) >= 11 is 0. The maximum atomic E-state index is 12.7. The Labute approximate surface area is 181 Å². The maximum Gasteiger partial charge on any atom is 0.241 e. The molecule has 4 rings (SSSR count). The number of benzene rings is 2. The number of hydrogen-bond donors (Lipinski definition) is 1. The van der Waals surface area contributed by atoms with Crippen molar-refractivity contribution in [2.75, 3.05) is 32.6 Å². The molecule has 31 heavy (non-hydrogen) atoms. The fourth-order valence-corrected chi connectivity index (χ4v) is 3.78. The smallest absolute Gasteiger partial charge is 0.241 e. The lowest BCUT2D eigenvalue weighted by molar-refractivity contribution is -0.121. The highest BCUT2D eigenvalue weighted by molar-refractivity contribution is 5.92. The van der Waals surface area contributed by atoms with E-state index in [-0.39, 0.29) is 11.8 Å². The van der Waals surface area contributed by atoms with Crippen molar-refractivity contribution < 1.29 is 18.8 Å². The minimum Gasteiger partial charge on any atom is -0.493 e. The molecule has 0 spiro atoms. The van der Waals surface area contributed by atoms with Gasteiger partial charge in [-0.1, -0.05) is 23.4 Å². The van der Waals surface area contributed by atoms with Gasteiger partial charge in [0.25, 0.3) is 0 Å². The third-order valence-corrected chi connectivity index (χ3v) is 5.39. The van der Waals surface area contributed by atoms with E-state index >= 15 is 0 Å². The monoisotopic (exact) mass is 422 g/mol. The standard InChI is InChI=1S/C23H26N4O4/c1-29-19-11-10-16(13-20(19)30-2)22-25-21(31-26-22)15-27-12-6-7-17(14-27)23(28)24-18-8-4-3-5-9-18/h3-5,8-11,13,17H,6-7,12,14-15H2,1-2H3,(H,24,28). The summed E-state index contributed by atoms with van der Waals surface area (Å²) in [5.74, 6) is 2.24. The molecule has 0 bridgehead atoms. The summed E-state index contributed by atoms with van der Waals surface area (Å²) in [5.41, 5.74) is 1.60. The van der Waals surface area contributed by atoms with Crippen LogP contribution >= 0.6 is 0 Å². The van der Waals surface area contributed by atoms with Gasteiger partial charge in [-0.2, -0.15) is 4.98 Å². The van der Waals surface area contributed by atoms with Gasteiger partial charge in [-0.25, -0.2) is 0 Å². The van der Waals surface area contributed by atoms with Gasteiger partial charge in [0.2, 0.25) is 17.6 Å². The van der Waals surface area contributed by atoms with Gasteiger partial charge >= 0.3 is 0 Å². The number of hydrogen-bond acceptors (Lipinski definition) is 7. The average Bonchev–Trinajstić information content (AvgIpc) is 3.28. The van der Waals surface area contributed by atoms with Crippen LogP contribution in [0, 0.1) is 5.92 Å². The molecular weight excluding hydrogens is 396 g/mol. The van der Waals surface area contributed by atoms with Gasteiger partial charge in [-0.05, 0) is 49.7 Å². The SMILES string of the molecule is COc1ccc(-c2noc(CN3CCCC(C(=O)Nc4ccccc4)C3)n2)cc1OC. The molecule has 1 fully saturated rings. The Morgan fingerprint density at radius 2 is 1.97 bits per heavy atom. The zero-order valence-corrected chi connectivity index (χ0v) is 17.7. The van der Waals surface area contributed by atoms with Crippen LogP contribution in [0.5, 0.6) is 11.5 Å². The number of piperidine rings is 1. The first kappa shape index (κ1) is 20.9. The van der Waals surface area contributed by atoms with Crippen molar-refractivity contribution >= 4 is 11.6 Å². The fraction of sp³-hybridized carbons (Fsp3) is 0.348. The number of likely N-dealkylation sites (tertiary alicyclic amines) is 1. The van der Waals surface area contributed by atoms with E-state index in [2.05, 4.69) is 20.4 Å². The number of ether oxygens (including phenoxy) is 2. The zero-order chi connectivity index (χ0) is 21.6. The molecule has 162 valence electrons. The summed E-state index contributed by atoms with van der Waals surface area (Å²) < 4.78 is 16.1. The van der Waals surface area contributed by atoms with Crippen molar-refractivity contribution in [2.45, 2.75) is 19.4 Å². The molecule has 8 heteroatoms. The number of para-hydroxylation sites is 1. The van der Waals surface area contributed by atoms with E-state index < -0.39 is 0 Å². The third-order valence-electron chi connectivity index (χ3n) is 5.39. The third kappa shape index (κ3) is 5.03. The van der Waals surface area contributed by atoms with Gasteiger partial charge in [0.15, 0.2) is 11.5 Å². The van der Waals surface area contributed by atoms with Crippen LogP contribution in [0.4, 0.5) is 5.69 Å². The summed E-state index contributed by atoms with van der Waals surface area (Å²) in [6, 6.07) is 15.0. The first-order valence-electron chi connectivity index (χ1n) is 10.3. The van der Waals surface area contributed by atoms with Crippen molar-refractivity contribution in [3.8, 4) is 22.9 Å². The number of aromatic nitrogens is 2. The van der Waals surface area contributed by atoms with Crippen LogP contribution in [-0.4, -0.2) is 48.3 Å². The molecule has 0 aliphatic carbocycles. The number of anilines is 1. The van der Waals surface area contributed by atoms with Gasteiger partial charge in [0.05, 0.1) is 26.7 Å². The normalized spacial score (nSPS) is 16.6. The number of carbonyl (C=O) groups is 1. The molecule has 1 atom stereocenters. The molecule has 1 saturated heterocycles. The van der Waals surface area contributed by atoms with Crippen molar-refractivity contribution in [3.63, 3.8) is 0 Å². The molecule has 1 N–H and O–H groups in total. The van der Waals surface area contributed by atoms with E-state index in [9.17, 15) is 4.79 Å². The number of rotatable bonds is 7. The Balaban J connectivity index is 1.38. The first-order chi connectivity index (χ1) is 15.2. The molecule has 0 saturated carbocycles. The second kappa shape index (κ2) is 9.61. The van der Waals surface area contributed by atoms with Crippen LogP contribution in [0.2, 0.25) is 0 Å². The minimum absolute atomic E-state index is 0.0486. The van der Waals surface area contributed by atoms with Crippen LogP contribution in [0.1, 0.15) is 18.7 Å². The molecule has 1 aliphatic heterocycles. The van der Waals surface area contributed by atoms with E-state index in [4.69, 9.17) is 14.0 Å². The van der Waals surface area contributed by atoms with Crippen molar-refractivity contribution in [3.05, 3.63) is 54.4 Å². The summed E-state index contributed by atoms with van der Waals surface area (Å²) in [4.78, 5) is 19.4. The number of methoxy groups -OCH3 is 2. The molecule has 2 aromatic carbocycles. The summed E-state index contributed by atoms with van der Waals surface area (Å²) in [6.45, 7) is 2.06. The summed E-state index contributed by atoms with van der Waals surface area (Å²) in [6.07, 6.45) is 1.82. The Kier molecular flexibility index (Phi) is 6.47. The number of amides is 1. The highest BCUT2D eigenvalue weighted by Crippen LogP contribution is 2.31. The quantitative estimate of drug-likeness (QED) is 0.622. The molecular formula is C23H26N4O4. The first-order valence-corrected chi connectivity index (χ1v) is 10.3. The second-order valence-electron chi connectivity index (χ2n) is 7.51. The molecule has 1 aliphatic rings. The number of nitrogens with one attached hydrogen (secondary N) is 1. The van der Waals surface area contributed by atoms with Crippen molar-refractivity contribution in [1.82, 2.24) is 15.0 Å². The Morgan fingerprint density at radius 3 is 2.74 bits per heavy atom. The fourth-order valence-electron chi connectivity index (χ4n) is 3.78. The van der Waals surface area contributed by atoms with Crippen LogP contribution < -0.4 is 14.8 Å². The van der Waals surface area contributed by atoms with Gasteiger partial charge in [0.1, 0.15) is 0 Å². The largest absolute Gasteiger partial charge is 0.493 e. The Morgan fingerprint density at radius 1 is 1.16 bits per heavy atom. The lowest BCUT2D eigenvalue weighted by atomic mass is 9.97. The van der Waals surface area contributed by atoms with Gasteiger partial charge in [0, 0.05) is 17.8 Å². The van der Waals surface area contributed by atoms with E-state index in [0.29, 0.717) is 36.3 Å². The van der Waals surface area contributed by atoms with Crippen molar-refractivity contribution in [1.29, 1.82) is 0 Å². The Bertz CT molecular complexity index is 1020. The van der Waals surface area contributed by atoms with Crippen LogP contribution in [0.3, 0.4) is 0 Å². The van der Waals surface area contributed by atoms with Crippen molar-refractivity contribution in [2.24, 2.45) is 5.92 Å². The number of carbonyl (C=O) groups excluding carboxylic acids is 1. The van der Waals surface area contributed by atoms with Gasteiger partial charge in [-0.15, -0.1) is 0 Å². The molecule has 1 aromatic heterocycles. The second-order valence-corrected chi connectivity index (χ2v) is 7.51. The van der Waals surface area contributed by atoms with E-state index in [0.717, 1.165) is 30.6 Å². The Hall–Kier alpha value is -3.39. The minimum atomic E-state index is -0.0674. The molecule has 2 heterocycles. The summed E-state index contributed by atoms with van der Waals surface area (Å²) in [5, 5.41) is 7.11. The van der Waals surface area contributed by atoms with Crippen LogP contribution in [0.25, 0.3) is 11.4 Å². The van der Waals surface area contributed by atoms with Crippen LogP contribution in [-0.2, 0) is 11.3 Å². The predicted molar refractivity (Wildman–Crippen MR) is 116 cm³/mol. The zero-order valence-electron chi connectivity index (χ0n) is 17.7. The topological polar surface area (TPSA) is 89.7 Å². The highest BCUT2D eigenvalue weighted by Gasteiger charge is 2.27. The van der Waals surface area contributed by atoms with E-state index in [1.165, 1.54) is 0 Å². The number of nitrogens with zero attached hydrogens (tertiary/aromatic N) is 3. The highest BCUT2D eigenvalue weighted by atomic mass is 16.5. The maximum absolute atomic E-state index is 12.7. The molecule has 1 unspecified atom stereocenters.